The second-order valence-electron chi connectivity index (χ2n) is 7.60. The smallest absolute Gasteiger partial charge is 0.247 e. The van der Waals surface area contributed by atoms with E-state index in [0.29, 0.717) is 29.8 Å². The lowest BCUT2D eigenvalue weighted by molar-refractivity contribution is -0.116. The maximum Gasteiger partial charge on any atom is 0.247 e. The predicted molar refractivity (Wildman–Crippen MR) is 122 cm³/mol. The van der Waals surface area contributed by atoms with E-state index in [0.717, 1.165) is 28.0 Å². The Kier molecular flexibility index (Phi) is 6.26. The van der Waals surface area contributed by atoms with E-state index in [1.807, 2.05) is 63.2 Å². The summed E-state index contributed by atoms with van der Waals surface area (Å²) in [5.74, 6) is 1.94. The molecule has 0 fully saturated rings. The van der Waals surface area contributed by atoms with Crippen LogP contribution in [0.25, 0.3) is 11.5 Å². The summed E-state index contributed by atoms with van der Waals surface area (Å²) in [6, 6.07) is 17.2. The van der Waals surface area contributed by atoms with Crippen molar-refractivity contribution in [2.45, 2.75) is 33.6 Å². The first-order valence-electron chi connectivity index (χ1n) is 10.4. The van der Waals surface area contributed by atoms with Crippen LogP contribution in [0.1, 0.15) is 29.0 Å². The molecule has 4 aromatic rings. The van der Waals surface area contributed by atoms with Gasteiger partial charge in [0.25, 0.3) is 0 Å². The number of ether oxygens (including phenoxy) is 1. The average molecular weight is 428 g/mol. The van der Waals surface area contributed by atoms with Gasteiger partial charge in [0.15, 0.2) is 0 Å². The van der Waals surface area contributed by atoms with Crippen molar-refractivity contribution < 1.29 is 13.9 Å². The Labute approximate surface area is 186 Å². The largest absolute Gasteiger partial charge is 0.439 e. The molecule has 0 atom stereocenters. The van der Waals surface area contributed by atoms with E-state index in [1.165, 1.54) is 0 Å². The van der Waals surface area contributed by atoms with E-state index < -0.39 is 0 Å². The van der Waals surface area contributed by atoms with Gasteiger partial charge in [-0.05, 0) is 56.2 Å². The van der Waals surface area contributed by atoms with Crippen LogP contribution in [-0.4, -0.2) is 21.1 Å². The van der Waals surface area contributed by atoms with Crippen LogP contribution in [0.2, 0.25) is 0 Å². The minimum atomic E-state index is -0.162. The second-order valence-corrected chi connectivity index (χ2v) is 7.60. The van der Waals surface area contributed by atoms with E-state index in [9.17, 15) is 4.79 Å². The molecule has 2 aromatic carbocycles. The molecule has 0 aliphatic rings. The maximum atomic E-state index is 12.3. The van der Waals surface area contributed by atoms with Gasteiger partial charge < -0.3 is 14.5 Å². The number of carbonyl (C=O) groups excluding carboxylic acids is 1. The van der Waals surface area contributed by atoms with Crippen molar-refractivity contribution in [1.29, 1.82) is 0 Å². The number of hydrogen-bond donors (Lipinski definition) is 1. The molecular formula is C25H24N4O3. The van der Waals surface area contributed by atoms with Gasteiger partial charge >= 0.3 is 0 Å². The third-order valence-electron chi connectivity index (χ3n) is 5.12. The summed E-state index contributed by atoms with van der Waals surface area (Å²) in [7, 11) is 0. The summed E-state index contributed by atoms with van der Waals surface area (Å²) < 4.78 is 11.5. The first-order valence-corrected chi connectivity index (χ1v) is 10.4. The zero-order valence-electron chi connectivity index (χ0n) is 18.3. The van der Waals surface area contributed by atoms with E-state index in [4.69, 9.17) is 9.15 Å². The number of rotatable bonds is 7. The molecule has 162 valence electrons. The van der Waals surface area contributed by atoms with Crippen molar-refractivity contribution in [3.63, 3.8) is 0 Å². The summed E-state index contributed by atoms with van der Waals surface area (Å²) >= 11 is 0. The Morgan fingerprint density at radius 1 is 1.00 bits per heavy atom. The molecule has 0 bridgehead atoms. The Bertz CT molecular complexity index is 1210. The van der Waals surface area contributed by atoms with Gasteiger partial charge in [-0.3, -0.25) is 4.79 Å². The number of carbonyl (C=O) groups is 1. The minimum Gasteiger partial charge on any atom is -0.439 e. The monoisotopic (exact) mass is 428 g/mol. The van der Waals surface area contributed by atoms with Crippen molar-refractivity contribution in [3.8, 4) is 23.1 Å². The molecule has 0 spiro atoms. The van der Waals surface area contributed by atoms with Crippen molar-refractivity contribution in [2.75, 3.05) is 5.32 Å². The fraction of sp³-hybridized carbons (Fsp3) is 0.200. The van der Waals surface area contributed by atoms with Gasteiger partial charge in [0, 0.05) is 24.5 Å². The highest BCUT2D eigenvalue weighted by Crippen LogP contribution is 2.26. The van der Waals surface area contributed by atoms with Gasteiger partial charge in [-0.15, -0.1) is 10.2 Å². The molecular weight excluding hydrogens is 404 g/mol. The molecule has 4 rings (SSSR count). The Morgan fingerprint density at radius 3 is 2.56 bits per heavy atom. The van der Waals surface area contributed by atoms with Gasteiger partial charge in [-0.2, -0.15) is 0 Å². The number of pyridine rings is 1. The number of benzene rings is 2. The quantitative estimate of drug-likeness (QED) is 0.423. The Balaban J connectivity index is 1.30. The van der Waals surface area contributed by atoms with Crippen LogP contribution in [0.4, 0.5) is 5.69 Å². The van der Waals surface area contributed by atoms with Crippen LogP contribution in [0.15, 0.2) is 65.2 Å². The number of amides is 1. The molecule has 0 radical (unpaired) electrons. The molecule has 0 aliphatic carbocycles. The van der Waals surface area contributed by atoms with E-state index in [-0.39, 0.29) is 12.3 Å². The zero-order chi connectivity index (χ0) is 22.5. The molecule has 1 N–H and O–H groups in total. The maximum absolute atomic E-state index is 12.3. The molecule has 32 heavy (non-hydrogen) atoms. The number of hydrogen-bond acceptors (Lipinski definition) is 6. The van der Waals surface area contributed by atoms with E-state index in [1.54, 1.807) is 18.3 Å². The van der Waals surface area contributed by atoms with Crippen LogP contribution in [0.5, 0.6) is 11.6 Å². The lowest BCUT2D eigenvalue weighted by Crippen LogP contribution is -2.12. The van der Waals surface area contributed by atoms with Crippen molar-refractivity contribution in [3.05, 3.63) is 83.4 Å². The molecule has 0 saturated heterocycles. The van der Waals surface area contributed by atoms with Crippen LogP contribution in [0, 0.1) is 20.8 Å². The summed E-state index contributed by atoms with van der Waals surface area (Å²) in [5.41, 5.74) is 4.82. The first kappa shape index (κ1) is 21.2. The topological polar surface area (TPSA) is 90.1 Å². The Hall–Kier alpha value is -4.00. The highest BCUT2D eigenvalue weighted by atomic mass is 16.5. The molecule has 2 heterocycles. The van der Waals surface area contributed by atoms with Crippen LogP contribution < -0.4 is 10.1 Å². The van der Waals surface area contributed by atoms with Gasteiger partial charge in [0.1, 0.15) is 5.75 Å². The predicted octanol–water partition coefficient (Wildman–Crippen LogP) is 5.42. The third-order valence-corrected chi connectivity index (χ3v) is 5.12. The summed E-state index contributed by atoms with van der Waals surface area (Å²) in [6.07, 6.45) is 2.14. The van der Waals surface area contributed by atoms with Gasteiger partial charge in [-0.1, -0.05) is 29.8 Å². The molecule has 7 nitrogen and oxygen atoms in total. The molecule has 2 aromatic heterocycles. The van der Waals surface area contributed by atoms with Gasteiger partial charge in [0.2, 0.25) is 23.6 Å². The lowest BCUT2D eigenvalue weighted by atomic mass is 10.1. The minimum absolute atomic E-state index is 0.162. The summed E-state index contributed by atoms with van der Waals surface area (Å²) in [5, 5.41) is 10.9. The average Bonchev–Trinajstić information content (AvgIpc) is 3.26. The van der Waals surface area contributed by atoms with Gasteiger partial charge in [0.05, 0.1) is 11.9 Å². The number of aryl methyl sites for hydroxylation is 3. The lowest BCUT2D eigenvalue weighted by Gasteiger charge is -2.10. The fourth-order valence-electron chi connectivity index (χ4n) is 3.07. The van der Waals surface area contributed by atoms with Crippen LogP contribution in [0.3, 0.4) is 0 Å². The third kappa shape index (κ3) is 5.18. The molecule has 7 heteroatoms. The van der Waals surface area contributed by atoms with Crippen LogP contribution >= 0.6 is 0 Å². The SMILES string of the molecule is Cc1ccc(-c2nnc(CCC(=O)Nc3ccc(Oc4cccc(C)c4C)nc3)o2)cc1. The van der Waals surface area contributed by atoms with E-state index >= 15 is 0 Å². The van der Waals surface area contributed by atoms with E-state index in [2.05, 4.69) is 20.5 Å². The van der Waals surface area contributed by atoms with Crippen molar-refractivity contribution >= 4 is 11.6 Å². The molecule has 0 saturated carbocycles. The Morgan fingerprint density at radius 2 is 1.81 bits per heavy atom. The summed E-state index contributed by atoms with van der Waals surface area (Å²) in [4.78, 5) is 16.6. The highest BCUT2D eigenvalue weighted by molar-refractivity contribution is 5.90. The number of nitrogens with zero attached hydrogens (tertiary/aromatic N) is 3. The molecule has 1 amide bonds. The van der Waals surface area contributed by atoms with Crippen molar-refractivity contribution in [1.82, 2.24) is 15.2 Å². The van der Waals surface area contributed by atoms with Crippen molar-refractivity contribution in [2.24, 2.45) is 0 Å². The number of anilines is 1. The van der Waals surface area contributed by atoms with Crippen LogP contribution in [-0.2, 0) is 11.2 Å². The zero-order valence-corrected chi connectivity index (χ0v) is 18.3. The fourth-order valence-corrected chi connectivity index (χ4v) is 3.07. The highest BCUT2D eigenvalue weighted by Gasteiger charge is 2.11. The molecule has 0 unspecified atom stereocenters. The number of aromatic nitrogens is 3. The normalized spacial score (nSPS) is 10.7. The van der Waals surface area contributed by atoms with Gasteiger partial charge in [-0.25, -0.2) is 4.98 Å². The summed E-state index contributed by atoms with van der Waals surface area (Å²) in [6.45, 7) is 6.06. The number of nitrogens with one attached hydrogen (secondary N) is 1. The standard InChI is InChI=1S/C25H24N4O3/c1-16-7-9-19(10-8-16)25-29-28-24(32-25)14-12-22(30)27-20-11-13-23(26-15-20)31-21-6-4-5-17(2)18(21)3/h4-11,13,15H,12,14H2,1-3H3,(H,27,30). The second kappa shape index (κ2) is 9.43. The molecule has 0 aliphatic heterocycles. The first-order chi connectivity index (χ1) is 15.5.